The molecule has 0 fully saturated rings. The molecule has 1 aromatic carbocycles. The van der Waals surface area contributed by atoms with E-state index < -0.39 is 10.0 Å². The summed E-state index contributed by atoms with van der Waals surface area (Å²) in [5.74, 6) is 5.23. The highest BCUT2D eigenvalue weighted by molar-refractivity contribution is 7.89. The molecular formula is C12H12N6O2S. The average molecular weight is 304 g/mol. The molecule has 9 heteroatoms. The van der Waals surface area contributed by atoms with Crippen molar-refractivity contribution in [2.24, 2.45) is 5.84 Å². The first-order chi connectivity index (χ1) is 10.0. The number of rotatable bonds is 5. The number of nitriles is 1. The number of anilines is 1. The molecule has 108 valence electrons. The second kappa shape index (κ2) is 6.27. The lowest BCUT2D eigenvalue weighted by Gasteiger charge is -2.07. The Kier molecular flexibility index (Phi) is 4.44. The summed E-state index contributed by atoms with van der Waals surface area (Å²) in [6.45, 7) is 0.102. The van der Waals surface area contributed by atoms with Gasteiger partial charge in [0.2, 0.25) is 16.0 Å². The smallest absolute Gasteiger partial charge is 0.243 e. The van der Waals surface area contributed by atoms with E-state index in [-0.39, 0.29) is 17.4 Å². The molecule has 0 atom stereocenters. The van der Waals surface area contributed by atoms with Gasteiger partial charge < -0.3 is 0 Å². The minimum atomic E-state index is -3.71. The molecule has 0 bridgehead atoms. The Balaban J connectivity index is 2.08. The highest BCUT2D eigenvalue weighted by Gasteiger charge is 2.14. The van der Waals surface area contributed by atoms with E-state index in [1.807, 2.05) is 6.07 Å². The number of sulfonamides is 1. The number of nitrogens with two attached hydrogens (primary N) is 1. The summed E-state index contributed by atoms with van der Waals surface area (Å²) < 4.78 is 26.5. The van der Waals surface area contributed by atoms with Crippen molar-refractivity contribution in [1.29, 1.82) is 5.26 Å². The number of hydrazine groups is 1. The fourth-order valence-corrected chi connectivity index (χ4v) is 2.39. The molecule has 0 unspecified atom stereocenters. The zero-order valence-corrected chi connectivity index (χ0v) is 11.6. The van der Waals surface area contributed by atoms with Crippen LogP contribution < -0.4 is 16.0 Å². The quantitative estimate of drug-likeness (QED) is 0.527. The lowest BCUT2D eigenvalue weighted by molar-refractivity contribution is 0.580. The summed E-state index contributed by atoms with van der Waals surface area (Å²) in [6.07, 6.45) is 2.31. The van der Waals surface area contributed by atoms with Gasteiger partial charge in [-0.1, -0.05) is 12.1 Å². The van der Waals surface area contributed by atoms with Crippen LogP contribution in [-0.2, 0) is 16.6 Å². The second-order valence-corrected chi connectivity index (χ2v) is 5.79. The predicted octanol–water partition coefficient (Wildman–Crippen LogP) is 0.112. The molecule has 4 N–H and O–H groups in total. The van der Waals surface area contributed by atoms with Crippen LogP contribution in [0.3, 0.4) is 0 Å². The zero-order chi connectivity index (χ0) is 15.3. The number of aromatic nitrogens is 2. The Hall–Kier alpha value is -2.54. The molecule has 0 spiro atoms. The van der Waals surface area contributed by atoms with Gasteiger partial charge in [-0.25, -0.2) is 29.0 Å². The summed E-state index contributed by atoms with van der Waals surface area (Å²) in [5.41, 5.74) is 3.46. The van der Waals surface area contributed by atoms with Crippen LogP contribution in [0, 0.1) is 11.3 Å². The van der Waals surface area contributed by atoms with Gasteiger partial charge in [-0.2, -0.15) is 5.26 Å². The summed E-state index contributed by atoms with van der Waals surface area (Å²) >= 11 is 0. The number of nitrogens with one attached hydrogen (secondary N) is 2. The fourth-order valence-electron chi connectivity index (χ4n) is 1.49. The Morgan fingerprint density at radius 1 is 1.19 bits per heavy atom. The third-order valence-corrected chi connectivity index (χ3v) is 3.97. The second-order valence-electron chi connectivity index (χ2n) is 4.02. The van der Waals surface area contributed by atoms with Crippen molar-refractivity contribution in [3.05, 3.63) is 47.8 Å². The highest BCUT2D eigenvalue weighted by Crippen LogP contribution is 2.09. The van der Waals surface area contributed by atoms with Crippen LogP contribution in [0.2, 0.25) is 0 Å². The van der Waals surface area contributed by atoms with Gasteiger partial charge in [0, 0.05) is 6.54 Å². The van der Waals surface area contributed by atoms with Gasteiger partial charge in [-0.15, -0.1) is 0 Å². The molecule has 2 aromatic rings. The van der Waals surface area contributed by atoms with E-state index in [4.69, 9.17) is 11.1 Å². The molecule has 21 heavy (non-hydrogen) atoms. The Morgan fingerprint density at radius 2 is 1.81 bits per heavy atom. The van der Waals surface area contributed by atoms with E-state index in [2.05, 4.69) is 20.1 Å². The number of hydrogen-bond acceptors (Lipinski definition) is 7. The largest absolute Gasteiger partial charge is 0.292 e. The minimum Gasteiger partial charge on any atom is -0.292 e. The van der Waals surface area contributed by atoms with Crippen LogP contribution in [-0.4, -0.2) is 18.4 Å². The molecule has 0 radical (unpaired) electrons. The van der Waals surface area contributed by atoms with Gasteiger partial charge in [-0.3, -0.25) is 5.43 Å². The third-order valence-electron chi connectivity index (χ3n) is 2.62. The van der Waals surface area contributed by atoms with E-state index in [9.17, 15) is 8.42 Å². The van der Waals surface area contributed by atoms with E-state index in [1.165, 1.54) is 0 Å². The first-order valence-electron chi connectivity index (χ1n) is 5.82. The number of nitrogen functional groups attached to an aromatic ring is 1. The van der Waals surface area contributed by atoms with Crippen molar-refractivity contribution in [2.45, 2.75) is 11.4 Å². The average Bonchev–Trinajstić information content (AvgIpc) is 2.53. The Morgan fingerprint density at radius 3 is 2.33 bits per heavy atom. The number of nitrogens with zero attached hydrogens (tertiary/aromatic N) is 3. The van der Waals surface area contributed by atoms with Gasteiger partial charge in [0.1, 0.15) is 4.90 Å². The lowest BCUT2D eigenvalue weighted by atomic mass is 10.1. The normalized spacial score (nSPS) is 10.9. The molecule has 1 aromatic heterocycles. The summed E-state index contributed by atoms with van der Waals surface area (Å²) in [6, 6.07) is 8.59. The van der Waals surface area contributed by atoms with Gasteiger partial charge in [-0.05, 0) is 17.7 Å². The molecular weight excluding hydrogens is 292 g/mol. The number of hydrogen-bond donors (Lipinski definition) is 3. The van der Waals surface area contributed by atoms with E-state index >= 15 is 0 Å². The lowest BCUT2D eigenvalue weighted by Crippen LogP contribution is -2.23. The van der Waals surface area contributed by atoms with E-state index in [0.29, 0.717) is 5.56 Å². The van der Waals surface area contributed by atoms with Crippen LogP contribution in [0.5, 0.6) is 0 Å². The molecule has 0 aliphatic rings. The van der Waals surface area contributed by atoms with Gasteiger partial charge >= 0.3 is 0 Å². The van der Waals surface area contributed by atoms with E-state index in [0.717, 1.165) is 18.0 Å². The molecule has 0 saturated heterocycles. The molecule has 0 aliphatic carbocycles. The topological polar surface area (TPSA) is 134 Å². The first kappa shape index (κ1) is 14.9. The van der Waals surface area contributed by atoms with Crippen LogP contribution in [0.25, 0.3) is 0 Å². The van der Waals surface area contributed by atoms with E-state index in [1.54, 1.807) is 24.3 Å². The fraction of sp³-hybridized carbons (Fsp3) is 0.0833. The Bertz CT molecular complexity index is 750. The van der Waals surface area contributed by atoms with Crippen LogP contribution in [0.15, 0.2) is 41.6 Å². The maximum atomic E-state index is 12.0. The van der Waals surface area contributed by atoms with Crippen LogP contribution >= 0.6 is 0 Å². The van der Waals surface area contributed by atoms with Crippen molar-refractivity contribution < 1.29 is 8.42 Å². The minimum absolute atomic E-state index is 0.0601. The standard InChI is InChI=1S/C12H12N6O2S/c13-5-9-1-3-10(4-2-9)6-17-21(19,20)11-7-15-12(18-14)16-8-11/h1-4,7-8,17H,6,14H2,(H,15,16,18). The van der Waals surface area contributed by atoms with Crippen LogP contribution in [0.1, 0.15) is 11.1 Å². The maximum absolute atomic E-state index is 12.0. The predicted molar refractivity (Wildman–Crippen MR) is 75.0 cm³/mol. The van der Waals surface area contributed by atoms with Crippen molar-refractivity contribution in [2.75, 3.05) is 5.43 Å². The highest BCUT2D eigenvalue weighted by atomic mass is 32.2. The monoisotopic (exact) mass is 304 g/mol. The van der Waals surface area contributed by atoms with Crippen molar-refractivity contribution in [3.8, 4) is 6.07 Å². The molecule has 0 amide bonds. The number of benzene rings is 1. The van der Waals surface area contributed by atoms with Gasteiger partial charge in [0.05, 0.1) is 24.0 Å². The first-order valence-corrected chi connectivity index (χ1v) is 7.31. The van der Waals surface area contributed by atoms with Crippen LogP contribution in [0.4, 0.5) is 5.95 Å². The maximum Gasteiger partial charge on any atom is 0.243 e. The Labute approximate surface area is 121 Å². The molecule has 1 heterocycles. The summed E-state index contributed by atoms with van der Waals surface area (Å²) in [7, 11) is -3.71. The molecule has 0 aliphatic heterocycles. The zero-order valence-electron chi connectivity index (χ0n) is 10.8. The van der Waals surface area contributed by atoms with Gasteiger partial charge in [0.15, 0.2) is 0 Å². The van der Waals surface area contributed by atoms with Gasteiger partial charge in [0.25, 0.3) is 0 Å². The molecule has 2 rings (SSSR count). The van der Waals surface area contributed by atoms with Crippen molar-refractivity contribution in [1.82, 2.24) is 14.7 Å². The van der Waals surface area contributed by atoms with Crippen molar-refractivity contribution >= 4 is 16.0 Å². The summed E-state index contributed by atoms with van der Waals surface area (Å²) in [5, 5.41) is 8.69. The molecule has 8 nitrogen and oxygen atoms in total. The summed E-state index contributed by atoms with van der Waals surface area (Å²) in [4.78, 5) is 7.42. The third kappa shape index (κ3) is 3.73. The molecule has 0 saturated carbocycles. The SMILES string of the molecule is N#Cc1ccc(CNS(=O)(=O)c2cnc(NN)nc2)cc1. The van der Waals surface area contributed by atoms with Crippen molar-refractivity contribution in [3.63, 3.8) is 0 Å².